The summed E-state index contributed by atoms with van der Waals surface area (Å²) in [6.07, 6.45) is 0. The smallest absolute Gasteiger partial charge is 0.350 e. The molecule has 140 valence electrons. The topological polar surface area (TPSA) is 61.2 Å². The maximum Gasteiger partial charge on any atom is 0.350 e. The van der Waals surface area contributed by atoms with E-state index in [0.29, 0.717) is 22.7 Å². The third kappa shape index (κ3) is 4.17. The van der Waals surface area contributed by atoms with Gasteiger partial charge < -0.3 is 9.30 Å². The molecule has 0 N–H and O–H groups in total. The van der Waals surface area contributed by atoms with Crippen molar-refractivity contribution in [3.05, 3.63) is 74.5 Å². The van der Waals surface area contributed by atoms with Crippen molar-refractivity contribution in [3.8, 4) is 0 Å². The lowest BCUT2D eigenvalue weighted by atomic mass is 10.1. The number of aromatic nitrogens is 2. The molecule has 3 aromatic rings. The van der Waals surface area contributed by atoms with Crippen molar-refractivity contribution in [1.82, 2.24) is 9.55 Å². The second-order valence-electron chi connectivity index (χ2n) is 6.50. The summed E-state index contributed by atoms with van der Waals surface area (Å²) >= 11 is 1.28. The molecule has 3 rings (SSSR count). The fourth-order valence-corrected chi connectivity index (χ4v) is 3.90. The molecule has 0 fully saturated rings. The van der Waals surface area contributed by atoms with E-state index in [2.05, 4.69) is 21.7 Å². The van der Waals surface area contributed by atoms with Gasteiger partial charge in [0.15, 0.2) is 6.61 Å². The average molecular weight is 382 g/mol. The molecule has 0 amide bonds. The second-order valence-corrected chi connectivity index (χ2v) is 7.71. The molecule has 0 aliphatic heterocycles. The van der Waals surface area contributed by atoms with Gasteiger partial charge in [0.1, 0.15) is 4.88 Å². The third-order valence-electron chi connectivity index (χ3n) is 4.48. The van der Waals surface area contributed by atoms with Crippen molar-refractivity contribution in [2.75, 3.05) is 6.61 Å². The van der Waals surface area contributed by atoms with Crippen molar-refractivity contribution in [1.29, 1.82) is 0 Å². The first-order valence-electron chi connectivity index (χ1n) is 8.72. The monoisotopic (exact) mass is 382 g/mol. The molecule has 0 spiro atoms. The Balaban J connectivity index is 1.71. The molecule has 0 aliphatic carbocycles. The molecular weight excluding hydrogens is 360 g/mol. The molecule has 0 bridgehead atoms. The number of carbonyl (C=O) groups excluding carboxylic acids is 2. The Morgan fingerprint density at radius 1 is 1.11 bits per heavy atom. The number of nitrogens with zero attached hydrogens (tertiary/aromatic N) is 2. The number of hydrogen-bond donors (Lipinski definition) is 0. The van der Waals surface area contributed by atoms with Crippen LogP contribution in [0.15, 0.2) is 36.4 Å². The number of esters is 1. The summed E-state index contributed by atoms with van der Waals surface area (Å²) in [5.74, 6) is -0.695. The molecule has 6 heteroatoms. The van der Waals surface area contributed by atoms with E-state index in [1.165, 1.54) is 16.9 Å². The summed E-state index contributed by atoms with van der Waals surface area (Å²) in [6, 6.07) is 11.9. The van der Waals surface area contributed by atoms with E-state index in [1.54, 1.807) is 6.92 Å². The second kappa shape index (κ2) is 7.88. The van der Waals surface area contributed by atoms with Gasteiger partial charge in [0.2, 0.25) is 5.78 Å². The zero-order chi connectivity index (χ0) is 19.6. The number of hydrogen-bond acceptors (Lipinski definition) is 5. The number of ketones is 1. The molecule has 0 atom stereocenters. The van der Waals surface area contributed by atoms with Gasteiger partial charge in [-0.3, -0.25) is 4.79 Å². The molecule has 27 heavy (non-hydrogen) atoms. The largest absolute Gasteiger partial charge is 0.453 e. The Hall–Kier alpha value is -2.73. The van der Waals surface area contributed by atoms with E-state index in [1.807, 2.05) is 45.0 Å². The predicted molar refractivity (Wildman–Crippen MR) is 106 cm³/mol. The highest BCUT2D eigenvalue weighted by Gasteiger charge is 2.20. The number of rotatable bonds is 6. The summed E-state index contributed by atoms with van der Waals surface area (Å²) in [5.41, 5.74) is 4.27. The van der Waals surface area contributed by atoms with Gasteiger partial charge >= 0.3 is 5.97 Å². The summed E-state index contributed by atoms with van der Waals surface area (Å²) in [7, 11) is 0. The SMILES string of the molecule is Cc1nc(C)c(C(=O)OCC(=O)c2cc(C)n(Cc3ccccc3)c2C)s1. The zero-order valence-corrected chi connectivity index (χ0v) is 16.7. The molecule has 2 heterocycles. The lowest BCUT2D eigenvalue weighted by molar-refractivity contribution is 0.0478. The normalized spacial score (nSPS) is 10.8. The Morgan fingerprint density at radius 3 is 2.44 bits per heavy atom. The van der Waals surface area contributed by atoms with Gasteiger partial charge in [0.05, 0.1) is 10.7 Å². The van der Waals surface area contributed by atoms with E-state index in [-0.39, 0.29) is 12.4 Å². The van der Waals surface area contributed by atoms with Gasteiger partial charge in [-0.25, -0.2) is 9.78 Å². The van der Waals surface area contributed by atoms with Crippen molar-refractivity contribution in [3.63, 3.8) is 0 Å². The molecule has 0 aliphatic rings. The first-order chi connectivity index (χ1) is 12.9. The highest BCUT2D eigenvalue weighted by Crippen LogP contribution is 2.20. The van der Waals surface area contributed by atoms with Crippen molar-refractivity contribution in [2.45, 2.75) is 34.2 Å². The predicted octanol–water partition coefficient (Wildman–Crippen LogP) is 4.27. The van der Waals surface area contributed by atoms with E-state index >= 15 is 0 Å². The fourth-order valence-electron chi connectivity index (χ4n) is 3.09. The maximum atomic E-state index is 12.6. The lowest BCUT2D eigenvalue weighted by Gasteiger charge is -2.10. The van der Waals surface area contributed by atoms with Gasteiger partial charge in [0, 0.05) is 23.5 Å². The van der Waals surface area contributed by atoms with Crippen LogP contribution in [0.25, 0.3) is 0 Å². The molecule has 2 aromatic heterocycles. The van der Waals surface area contributed by atoms with E-state index in [9.17, 15) is 9.59 Å². The van der Waals surface area contributed by atoms with Crippen LogP contribution in [0.1, 0.15) is 47.7 Å². The van der Waals surface area contributed by atoms with Gasteiger partial charge in [-0.05, 0) is 39.3 Å². The summed E-state index contributed by atoms with van der Waals surface area (Å²) in [5, 5.41) is 0.801. The van der Waals surface area contributed by atoms with Crippen molar-refractivity contribution in [2.24, 2.45) is 0 Å². The minimum absolute atomic E-state index is 0.199. The molecule has 1 aromatic carbocycles. The maximum absolute atomic E-state index is 12.6. The quantitative estimate of drug-likeness (QED) is 0.472. The van der Waals surface area contributed by atoms with Crippen molar-refractivity contribution < 1.29 is 14.3 Å². The number of carbonyl (C=O) groups is 2. The molecule has 0 saturated heterocycles. The van der Waals surface area contributed by atoms with Gasteiger partial charge in [-0.1, -0.05) is 30.3 Å². The van der Waals surface area contributed by atoms with Crippen LogP contribution in [-0.2, 0) is 11.3 Å². The standard InChI is InChI=1S/C21H22N2O3S/c1-13-10-18(15(3)23(13)11-17-8-6-5-7-9-17)19(24)12-26-21(25)20-14(2)22-16(4)27-20/h5-10H,11-12H2,1-4H3. The number of thiazole rings is 1. The van der Waals surface area contributed by atoms with E-state index in [4.69, 9.17) is 4.74 Å². The average Bonchev–Trinajstić information content (AvgIpc) is 3.13. The molecular formula is C21H22N2O3S. The highest BCUT2D eigenvalue weighted by atomic mass is 32.1. The van der Waals surface area contributed by atoms with Crippen LogP contribution >= 0.6 is 11.3 Å². The van der Waals surface area contributed by atoms with Gasteiger partial charge in [-0.2, -0.15) is 0 Å². The van der Waals surface area contributed by atoms with Gasteiger partial charge in [-0.15, -0.1) is 11.3 Å². The van der Waals surface area contributed by atoms with Crippen LogP contribution in [0.3, 0.4) is 0 Å². The summed E-state index contributed by atoms with van der Waals surface area (Å²) in [6.45, 7) is 7.92. The molecule has 0 saturated carbocycles. The summed E-state index contributed by atoms with van der Waals surface area (Å²) < 4.78 is 7.33. The minimum Gasteiger partial charge on any atom is -0.453 e. The number of benzene rings is 1. The van der Waals surface area contributed by atoms with Crippen molar-refractivity contribution >= 4 is 23.1 Å². The Kier molecular flexibility index (Phi) is 5.56. The number of ether oxygens (including phenoxy) is 1. The summed E-state index contributed by atoms with van der Waals surface area (Å²) in [4.78, 5) is 29.5. The first-order valence-corrected chi connectivity index (χ1v) is 9.53. The molecule has 0 unspecified atom stereocenters. The number of Topliss-reactive ketones (excluding diaryl/α,β-unsaturated/α-hetero) is 1. The van der Waals surface area contributed by atoms with E-state index < -0.39 is 5.97 Å². The van der Waals surface area contributed by atoms with Crippen LogP contribution in [0.2, 0.25) is 0 Å². The first kappa shape index (κ1) is 19.0. The van der Waals surface area contributed by atoms with Gasteiger partial charge in [0.25, 0.3) is 0 Å². The fraction of sp³-hybridized carbons (Fsp3) is 0.286. The van der Waals surface area contributed by atoms with Crippen LogP contribution in [-0.4, -0.2) is 27.9 Å². The highest BCUT2D eigenvalue weighted by molar-refractivity contribution is 7.13. The molecule has 5 nitrogen and oxygen atoms in total. The van der Waals surface area contributed by atoms with Crippen LogP contribution in [0.4, 0.5) is 0 Å². The zero-order valence-electron chi connectivity index (χ0n) is 15.9. The minimum atomic E-state index is -0.496. The Bertz CT molecular complexity index is 987. The number of aryl methyl sites for hydroxylation is 3. The molecule has 0 radical (unpaired) electrons. The Labute approximate surface area is 162 Å². The van der Waals surface area contributed by atoms with Crippen LogP contribution in [0.5, 0.6) is 0 Å². The third-order valence-corrected chi connectivity index (χ3v) is 5.53. The van der Waals surface area contributed by atoms with Crippen LogP contribution < -0.4 is 0 Å². The van der Waals surface area contributed by atoms with Crippen LogP contribution in [0, 0.1) is 27.7 Å². The lowest BCUT2D eigenvalue weighted by Crippen LogP contribution is -2.15. The van der Waals surface area contributed by atoms with E-state index in [0.717, 1.165) is 16.4 Å². The Morgan fingerprint density at radius 2 is 1.81 bits per heavy atom.